The highest BCUT2D eigenvalue weighted by Crippen LogP contribution is 2.35. The van der Waals surface area contributed by atoms with Gasteiger partial charge in [0.05, 0.1) is 7.11 Å². The van der Waals surface area contributed by atoms with Gasteiger partial charge >= 0.3 is 5.97 Å². The first kappa shape index (κ1) is 13.5. The SMILES string of the molecule is COC(=O)c1nc(-c2ccc(F)c3ccccc23)sc1N. The van der Waals surface area contributed by atoms with Crippen LogP contribution in [-0.4, -0.2) is 18.1 Å². The van der Waals surface area contributed by atoms with Crippen molar-refractivity contribution in [3.05, 3.63) is 47.9 Å². The van der Waals surface area contributed by atoms with Crippen LogP contribution in [0.5, 0.6) is 0 Å². The molecule has 106 valence electrons. The van der Waals surface area contributed by atoms with Crippen LogP contribution in [0.25, 0.3) is 21.3 Å². The number of nitrogens with two attached hydrogens (primary N) is 1. The van der Waals surface area contributed by atoms with Gasteiger partial charge in [-0.2, -0.15) is 0 Å². The Bertz CT molecular complexity index is 845. The highest BCUT2D eigenvalue weighted by Gasteiger charge is 2.19. The molecule has 0 amide bonds. The van der Waals surface area contributed by atoms with Crippen LogP contribution in [0.2, 0.25) is 0 Å². The van der Waals surface area contributed by atoms with E-state index in [-0.39, 0.29) is 16.5 Å². The van der Waals surface area contributed by atoms with Crippen LogP contribution in [0.4, 0.5) is 9.39 Å². The van der Waals surface area contributed by atoms with Crippen LogP contribution in [0, 0.1) is 5.82 Å². The number of aromatic nitrogens is 1. The maximum Gasteiger partial charge on any atom is 0.359 e. The van der Waals surface area contributed by atoms with E-state index >= 15 is 0 Å². The molecule has 0 unspecified atom stereocenters. The van der Waals surface area contributed by atoms with Crippen molar-refractivity contribution in [2.45, 2.75) is 0 Å². The zero-order valence-corrected chi connectivity index (χ0v) is 11.9. The van der Waals surface area contributed by atoms with Crippen LogP contribution in [-0.2, 0) is 4.74 Å². The van der Waals surface area contributed by atoms with Gasteiger partial charge in [0.2, 0.25) is 0 Å². The van der Waals surface area contributed by atoms with Crippen LogP contribution in [0.1, 0.15) is 10.5 Å². The van der Waals surface area contributed by atoms with Crippen molar-refractivity contribution in [2.75, 3.05) is 12.8 Å². The lowest BCUT2D eigenvalue weighted by molar-refractivity contribution is 0.0596. The van der Waals surface area contributed by atoms with Gasteiger partial charge in [-0.3, -0.25) is 0 Å². The zero-order chi connectivity index (χ0) is 15.0. The van der Waals surface area contributed by atoms with Crippen LogP contribution < -0.4 is 5.73 Å². The monoisotopic (exact) mass is 302 g/mol. The Hall–Kier alpha value is -2.47. The summed E-state index contributed by atoms with van der Waals surface area (Å²) in [6, 6.07) is 10.1. The summed E-state index contributed by atoms with van der Waals surface area (Å²) in [5.74, 6) is -0.881. The summed E-state index contributed by atoms with van der Waals surface area (Å²) >= 11 is 1.18. The van der Waals surface area contributed by atoms with E-state index in [0.717, 1.165) is 10.9 Å². The Morgan fingerprint density at radius 1 is 1.24 bits per heavy atom. The van der Waals surface area contributed by atoms with Gasteiger partial charge in [-0.05, 0) is 17.5 Å². The third-order valence-corrected chi connectivity index (χ3v) is 4.05. The fraction of sp³-hybridized carbons (Fsp3) is 0.0667. The second kappa shape index (κ2) is 5.14. The minimum atomic E-state index is -0.582. The molecule has 0 saturated heterocycles. The van der Waals surface area contributed by atoms with E-state index in [2.05, 4.69) is 9.72 Å². The maximum atomic E-state index is 13.8. The average Bonchev–Trinajstić information content (AvgIpc) is 2.89. The first-order valence-corrected chi connectivity index (χ1v) is 6.95. The zero-order valence-electron chi connectivity index (χ0n) is 11.1. The molecular formula is C15H11FN2O2S. The predicted molar refractivity (Wildman–Crippen MR) is 80.8 cm³/mol. The second-order valence-corrected chi connectivity index (χ2v) is 5.39. The molecule has 1 aromatic heterocycles. The molecule has 0 bridgehead atoms. The third kappa shape index (κ3) is 2.23. The molecule has 1 heterocycles. The number of methoxy groups -OCH3 is 1. The Labute approximate surface area is 124 Å². The van der Waals surface area contributed by atoms with Gasteiger partial charge in [-0.15, -0.1) is 0 Å². The number of anilines is 1. The van der Waals surface area contributed by atoms with Crippen molar-refractivity contribution in [1.29, 1.82) is 0 Å². The maximum absolute atomic E-state index is 13.8. The van der Waals surface area contributed by atoms with E-state index in [1.807, 2.05) is 12.1 Å². The van der Waals surface area contributed by atoms with Crippen LogP contribution in [0.3, 0.4) is 0 Å². The van der Waals surface area contributed by atoms with Crippen LogP contribution in [0.15, 0.2) is 36.4 Å². The standard InChI is InChI=1S/C15H11FN2O2S/c1-20-15(19)12-13(17)21-14(18-12)10-6-7-11(16)9-5-3-2-4-8(9)10/h2-7H,17H2,1H3. The number of rotatable bonds is 2. The summed E-state index contributed by atoms with van der Waals surface area (Å²) in [7, 11) is 1.27. The fourth-order valence-electron chi connectivity index (χ4n) is 2.14. The van der Waals surface area contributed by atoms with Crippen molar-refractivity contribution in [1.82, 2.24) is 4.98 Å². The Kier molecular flexibility index (Phi) is 3.31. The molecule has 0 radical (unpaired) electrons. The van der Waals surface area contributed by atoms with Gasteiger partial charge in [0.25, 0.3) is 0 Å². The van der Waals surface area contributed by atoms with Crippen molar-refractivity contribution >= 4 is 33.1 Å². The number of hydrogen-bond acceptors (Lipinski definition) is 5. The number of ether oxygens (including phenoxy) is 1. The summed E-state index contributed by atoms with van der Waals surface area (Å²) in [5, 5.41) is 2.07. The number of carbonyl (C=O) groups is 1. The largest absolute Gasteiger partial charge is 0.464 e. The number of fused-ring (bicyclic) bond motifs is 1. The van der Waals surface area contributed by atoms with Gasteiger partial charge in [0, 0.05) is 10.9 Å². The smallest absolute Gasteiger partial charge is 0.359 e. The van der Waals surface area contributed by atoms with E-state index < -0.39 is 5.97 Å². The second-order valence-electron chi connectivity index (χ2n) is 4.36. The number of nitrogens with zero attached hydrogens (tertiary/aromatic N) is 1. The van der Waals surface area contributed by atoms with Crippen molar-refractivity contribution < 1.29 is 13.9 Å². The summed E-state index contributed by atoms with van der Waals surface area (Å²) in [6.07, 6.45) is 0. The molecule has 6 heteroatoms. The molecule has 4 nitrogen and oxygen atoms in total. The molecule has 0 aliphatic rings. The van der Waals surface area contributed by atoms with Crippen LogP contribution >= 0.6 is 11.3 Å². The molecule has 2 aromatic carbocycles. The van der Waals surface area contributed by atoms with E-state index in [1.54, 1.807) is 18.2 Å². The van der Waals surface area contributed by atoms with E-state index in [4.69, 9.17) is 5.73 Å². The van der Waals surface area contributed by atoms with E-state index in [1.165, 1.54) is 24.5 Å². The summed E-state index contributed by atoms with van der Waals surface area (Å²) in [5.41, 5.74) is 6.63. The molecule has 2 N–H and O–H groups in total. The molecule has 3 rings (SSSR count). The molecule has 0 saturated carbocycles. The molecular weight excluding hydrogens is 291 g/mol. The highest BCUT2D eigenvalue weighted by molar-refractivity contribution is 7.19. The van der Waals surface area contributed by atoms with Gasteiger partial charge in [0.15, 0.2) is 5.69 Å². The normalized spacial score (nSPS) is 10.8. The lowest BCUT2D eigenvalue weighted by Crippen LogP contribution is -2.04. The topological polar surface area (TPSA) is 65.2 Å². The number of hydrogen-bond donors (Lipinski definition) is 1. The summed E-state index contributed by atoms with van der Waals surface area (Å²) < 4.78 is 18.5. The Balaban J connectivity index is 2.22. The first-order valence-electron chi connectivity index (χ1n) is 6.14. The fourth-order valence-corrected chi connectivity index (χ4v) is 3.00. The number of esters is 1. The number of benzene rings is 2. The van der Waals surface area contributed by atoms with Gasteiger partial charge < -0.3 is 10.5 Å². The summed E-state index contributed by atoms with van der Waals surface area (Å²) in [4.78, 5) is 15.8. The number of carbonyl (C=O) groups excluding carboxylic acids is 1. The number of nitrogen functional groups attached to an aromatic ring is 1. The quantitative estimate of drug-likeness (QED) is 0.736. The molecule has 0 aliphatic carbocycles. The van der Waals surface area contributed by atoms with Crippen molar-refractivity contribution in [3.63, 3.8) is 0 Å². The lowest BCUT2D eigenvalue weighted by atomic mass is 10.0. The Morgan fingerprint density at radius 3 is 2.67 bits per heavy atom. The third-order valence-electron chi connectivity index (χ3n) is 3.13. The molecule has 0 spiro atoms. The average molecular weight is 302 g/mol. The predicted octanol–water partition coefficient (Wildman–Crippen LogP) is 3.47. The lowest BCUT2D eigenvalue weighted by Gasteiger charge is -2.04. The summed E-state index contributed by atoms with van der Waals surface area (Å²) in [6.45, 7) is 0. The van der Waals surface area contributed by atoms with Gasteiger partial charge in [-0.25, -0.2) is 14.2 Å². The van der Waals surface area contributed by atoms with Gasteiger partial charge in [-0.1, -0.05) is 35.6 Å². The first-order chi connectivity index (χ1) is 10.1. The molecule has 3 aromatic rings. The van der Waals surface area contributed by atoms with E-state index in [9.17, 15) is 9.18 Å². The minimum Gasteiger partial charge on any atom is -0.464 e. The van der Waals surface area contributed by atoms with Gasteiger partial charge in [0.1, 0.15) is 15.8 Å². The molecule has 0 fully saturated rings. The highest BCUT2D eigenvalue weighted by atomic mass is 32.1. The molecule has 0 aliphatic heterocycles. The van der Waals surface area contributed by atoms with Crippen molar-refractivity contribution in [3.8, 4) is 10.6 Å². The minimum absolute atomic E-state index is 0.0888. The number of thiazole rings is 1. The van der Waals surface area contributed by atoms with E-state index in [0.29, 0.717) is 10.4 Å². The molecule has 0 atom stereocenters. The Morgan fingerprint density at radius 2 is 1.95 bits per heavy atom. The number of halogens is 1. The van der Waals surface area contributed by atoms with Crippen molar-refractivity contribution in [2.24, 2.45) is 0 Å². The molecule has 21 heavy (non-hydrogen) atoms.